The fourth-order valence-corrected chi connectivity index (χ4v) is 2.72. The summed E-state index contributed by atoms with van der Waals surface area (Å²) in [6, 6.07) is 4.32. The molecule has 4 heteroatoms. The molecule has 0 amide bonds. The van der Waals surface area contributed by atoms with Crippen molar-refractivity contribution in [3.63, 3.8) is 0 Å². The smallest absolute Gasteiger partial charge is 0.174 e. The molecule has 1 atom stereocenters. The van der Waals surface area contributed by atoms with Gasteiger partial charge >= 0.3 is 0 Å². The fraction of sp³-hybridized carbons (Fsp3) is 0.385. The molecule has 1 aliphatic carbocycles. The second kappa shape index (κ2) is 4.11. The highest BCUT2D eigenvalue weighted by Gasteiger charge is 2.22. The zero-order valence-corrected chi connectivity index (χ0v) is 10.6. The number of aromatic nitrogens is 3. The zero-order valence-electron chi connectivity index (χ0n) is 9.79. The van der Waals surface area contributed by atoms with Gasteiger partial charge in [0.25, 0.3) is 0 Å². The van der Waals surface area contributed by atoms with Gasteiger partial charge in [-0.2, -0.15) is 0 Å². The second-order valence-corrected chi connectivity index (χ2v) is 5.10. The van der Waals surface area contributed by atoms with Crippen molar-refractivity contribution in [3.8, 4) is 0 Å². The lowest BCUT2D eigenvalue weighted by Gasteiger charge is -2.23. The van der Waals surface area contributed by atoms with E-state index < -0.39 is 0 Å². The van der Waals surface area contributed by atoms with Crippen molar-refractivity contribution in [2.45, 2.75) is 32.1 Å². The third-order valence-corrected chi connectivity index (χ3v) is 3.69. The van der Waals surface area contributed by atoms with Crippen LogP contribution in [0.15, 0.2) is 18.3 Å². The first-order valence-electron chi connectivity index (χ1n) is 5.95. The Morgan fingerprint density at radius 2 is 2.29 bits per heavy atom. The third kappa shape index (κ3) is 2.05. The molecule has 0 aromatic carbocycles. The molecule has 3 rings (SSSR count). The van der Waals surface area contributed by atoms with Gasteiger partial charge in [-0.25, -0.2) is 0 Å². The highest BCUT2D eigenvalue weighted by Crippen LogP contribution is 2.30. The molecular weight excluding hydrogens is 230 g/mol. The number of pyridine rings is 1. The van der Waals surface area contributed by atoms with Crippen molar-refractivity contribution in [1.29, 1.82) is 0 Å². The largest absolute Gasteiger partial charge is 0.337 e. The highest BCUT2D eigenvalue weighted by molar-refractivity contribution is 7.71. The Bertz CT molecular complexity index is 597. The number of aromatic amines is 2. The van der Waals surface area contributed by atoms with Crippen molar-refractivity contribution >= 4 is 12.2 Å². The van der Waals surface area contributed by atoms with Gasteiger partial charge in [0.2, 0.25) is 0 Å². The molecule has 0 aliphatic heterocycles. The summed E-state index contributed by atoms with van der Waals surface area (Å²) in [6.45, 7) is 2.05. The van der Waals surface area contributed by atoms with Gasteiger partial charge in [0, 0.05) is 29.2 Å². The predicted molar refractivity (Wildman–Crippen MR) is 69.7 cm³/mol. The van der Waals surface area contributed by atoms with E-state index in [4.69, 9.17) is 12.2 Å². The van der Waals surface area contributed by atoms with Crippen LogP contribution in [0, 0.1) is 11.7 Å². The lowest BCUT2D eigenvalue weighted by Crippen LogP contribution is -2.15. The molecule has 2 aromatic rings. The standard InChI is InChI=1S/C13H15N3S/c1-8-2-3-9-4-5-10(6-11(9)15-8)12-7-14-13(17)16-12/h2-3,7,10H,4-6H2,1H3,(H2,14,16,17). The van der Waals surface area contributed by atoms with Gasteiger partial charge in [0.1, 0.15) is 0 Å². The Hall–Kier alpha value is -1.42. The average molecular weight is 245 g/mol. The zero-order chi connectivity index (χ0) is 11.8. The van der Waals surface area contributed by atoms with Gasteiger partial charge in [-0.15, -0.1) is 0 Å². The SMILES string of the molecule is Cc1ccc2c(n1)CC(c1c[nH]c(=S)[nH]1)CC2. The van der Waals surface area contributed by atoms with Crippen LogP contribution in [-0.2, 0) is 12.8 Å². The maximum atomic E-state index is 5.07. The van der Waals surface area contributed by atoms with Crippen LogP contribution in [0.4, 0.5) is 0 Å². The van der Waals surface area contributed by atoms with Gasteiger partial charge < -0.3 is 9.97 Å². The van der Waals surface area contributed by atoms with E-state index >= 15 is 0 Å². The number of nitrogens with one attached hydrogen (secondary N) is 2. The van der Waals surface area contributed by atoms with Crippen molar-refractivity contribution < 1.29 is 0 Å². The van der Waals surface area contributed by atoms with Crippen LogP contribution in [0.1, 0.15) is 35.0 Å². The van der Waals surface area contributed by atoms with Crippen LogP contribution >= 0.6 is 12.2 Å². The molecule has 0 radical (unpaired) electrons. The summed E-state index contributed by atoms with van der Waals surface area (Å²) >= 11 is 5.07. The number of hydrogen-bond acceptors (Lipinski definition) is 2. The molecule has 0 bridgehead atoms. The number of H-pyrrole nitrogens is 2. The summed E-state index contributed by atoms with van der Waals surface area (Å²) in [5, 5.41) is 0. The van der Waals surface area contributed by atoms with Gasteiger partial charge in [-0.05, 0) is 50.0 Å². The topological polar surface area (TPSA) is 44.5 Å². The Balaban J connectivity index is 1.92. The van der Waals surface area contributed by atoms with E-state index in [1.807, 2.05) is 13.1 Å². The summed E-state index contributed by atoms with van der Waals surface area (Å²) in [5.74, 6) is 0.518. The van der Waals surface area contributed by atoms with E-state index in [9.17, 15) is 0 Å². The van der Waals surface area contributed by atoms with Crippen LogP contribution < -0.4 is 0 Å². The summed E-state index contributed by atoms with van der Waals surface area (Å²) in [6.07, 6.45) is 5.29. The Kier molecular flexibility index (Phi) is 2.59. The molecule has 88 valence electrons. The Labute approximate surface area is 105 Å². The minimum absolute atomic E-state index is 0.518. The van der Waals surface area contributed by atoms with Crippen LogP contribution in [0.25, 0.3) is 0 Å². The first-order chi connectivity index (χ1) is 8.22. The third-order valence-electron chi connectivity index (χ3n) is 3.47. The normalized spacial score (nSPS) is 19.0. The first kappa shape index (κ1) is 10.7. The predicted octanol–water partition coefficient (Wildman–Crippen LogP) is 3.05. The van der Waals surface area contributed by atoms with Crippen molar-refractivity contribution in [3.05, 3.63) is 45.7 Å². The minimum Gasteiger partial charge on any atom is -0.337 e. The average Bonchev–Trinajstić information content (AvgIpc) is 2.75. The molecule has 2 N–H and O–H groups in total. The summed E-state index contributed by atoms with van der Waals surface area (Å²) in [7, 11) is 0. The van der Waals surface area contributed by atoms with Gasteiger partial charge in [-0.1, -0.05) is 6.07 Å². The molecule has 0 spiro atoms. The van der Waals surface area contributed by atoms with Crippen molar-refractivity contribution in [2.75, 3.05) is 0 Å². The summed E-state index contributed by atoms with van der Waals surface area (Å²) < 4.78 is 0.711. The minimum atomic E-state index is 0.518. The van der Waals surface area contributed by atoms with E-state index in [0.29, 0.717) is 10.7 Å². The molecule has 1 aliphatic rings. The van der Waals surface area contributed by atoms with Gasteiger partial charge in [0.15, 0.2) is 4.77 Å². The monoisotopic (exact) mass is 245 g/mol. The van der Waals surface area contributed by atoms with Gasteiger partial charge in [-0.3, -0.25) is 4.98 Å². The number of imidazole rings is 1. The van der Waals surface area contributed by atoms with E-state index in [1.54, 1.807) is 0 Å². The number of rotatable bonds is 1. The van der Waals surface area contributed by atoms with E-state index in [-0.39, 0.29) is 0 Å². The van der Waals surface area contributed by atoms with Crippen LogP contribution in [0.2, 0.25) is 0 Å². The molecule has 0 fully saturated rings. The van der Waals surface area contributed by atoms with Crippen LogP contribution in [-0.4, -0.2) is 15.0 Å². The Morgan fingerprint density at radius 3 is 3.06 bits per heavy atom. The first-order valence-corrected chi connectivity index (χ1v) is 6.36. The molecule has 1 unspecified atom stereocenters. The van der Waals surface area contributed by atoms with Crippen molar-refractivity contribution in [1.82, 2.24) is 15.0 Å². The molecule has 17 heavy (non-hydrogen) atoms. The number of aryl methyl sites for hydroxylation is 2. The summed E-state index contributed by atoms with van der Waals surface area (Å²) in [5.41, 5.74) is 4.97. The van der Waals surface area contributed by atoms with E-state index in [2.05, 4.69) is 27.1 Å². The van der Waals surface area contributed by atoms with Crippen LogP contribution in [0.5, 0.6) is 0 Å². The van der Waals surface area contributed by atoms with E-state index in [1.165, 1.54) is 23.4 Å². The maximum Gasteiger partial charge on any atom is 0.174 e. The molecule has 0 saturated carbocycles. The molecule has 3 nitrogen and oxygen atoms in total. The quantitative estimate of drug-likeness (QED) is 0.758. The summed E-state index contributed by atoms with van der Waals surface area (Å²) in [4.78, 5) is 10.9. The lowest BCUT2D eigenvalue weighted by molar-refractivity contribution is 0.561. The molecule has 2 heterocycles. The van der Waals surface area contributed by atoms with Gasteiger partial charge in [0.05, 0.1) is 0 Å². The number of hydrogen-bond donors (Lipinski definition) is 2. The molecular formula is C13H15N3S. The van der Waals surface area contributed by atoms with Crippen LogP contribution in [0.3, 0.4) is 0 Å². The second-order valence-electron chi connectivity index (χ2n) is 4.70. The number of fused-ring (bicyclic) bond motifs is 1. The molecule has 0 saturated heterocycles. The van der Waals surface area contributed by atoms with Crippen molar-refractivity contribution in [2.24, 2.45) is 0 Å². The van der Waals surface area contributed by atoms with E-state index in [0.717, 1.165) is 18.5 Å². The number of nitrogens with zero attached hydrogens (tertiary/aromatic N) is 1. The lowest BCUT2D eigenvalue weighted by atomic mass is 9.85. The fourth-order valence-electron chi connectivity index (χ4n) is 2.54. The molecule has 2 aromatic heterocycles. The maximum absolute atomic E-state index is 5.07. The highest BCUT2D eigenvalue weighted by atomic mass is 32.1. The Morgan fingerprint density at radius 1 is 1.41 bits per heavy atom.